The first-order valence-corrected chi connectivity index (χ1v) is 15.9. The molecule has 1 aromatic carbocycles. The molecule has 1 saturated heterocycles. The minimum atomic E-state index is -2.05. The molecule has 0 bridgehead atoms. The van der Waals surface area contributed by atoms with Gasteiger partial charge >= 0.3 is 19.5 Å². The molecule has 2 heterocycles. The first-order valence-electron chi connectivity index (χ1n) is 11.2. The maximum Gasteiger partial charge on any atom is 2.00 e. The second-order valence-electron chi connectivity index (χ2n) is 8.03. The van der Waals surface area contributed by atoms with Crippen LogP contribution in [0.25, 0.3) is 0 Å². The van der Waals surface area contributed by atoms with Crippen LogP contribution in [-0.4, -0.2) is 61.6 Å². The van der Waals surface area contributed by atoms with E-state index in [0.29, 0.717) is 45.0 Å². The van der Waals surface area contributed by atoms with E-state index in [-0.39, 0.29) is 54.3 Å². The third-order valence-corrected chi connectivity index (χ3v) is 7.78. The van der Waals surface area contributed by atoms with Crippen molar-refractivity contribution in [1.82, 2.24) is 19.8 Å². The first-order chi connectivity index (χ1) is 19.0. The van der Waals surface area contributed by atoms with Crippen molar-refractivity contribution in [2.45, 2.75) is 19.9 Å². The summed E-state index contributed by atoms with van der Waals surface area (Å²) in [7, 11) is 0. The van der Waals surface area contributed by atoms with Gasteiger partial charge in [-0.2, -0.15) is 0 Å². The van der Waals surface area contributed by atoms with E-state index in [2.05, 4.69) is 60.3 Å². The maximum atomic E-state index is 11.9. The number of carbonyl (C=O) groups excluding carboxylic acids is 4. The van der Waals surface area contributed by atoms with Crippen LogP contribution in [0.1, 0.15) is 33.6 Å². The van der Waals surface area contributed by atoms with Crippen LogP contribution in [0.3, 0.4) is 0 Å². The number of carbonyl (C=O) groups is 4. The van der Waals surface area contributed by atoms with Crippen LogP contribution in [0.2, 0.25) is 0 Å². The monoisotopic (exact) mass is 836 g/mol. The largest absolute Gasteiger partial charge is 2.00 e. The Morgan fingerprint density at radius 1 is 0.905 bits per heavy atom. The third kappa shape index (κ3) is 11.8. The summed E-state index contributed by atoms with van der Waals surface area (Å²) in [6, 6.07) is 6.33. The number of allylic oxidation sites excluding steroid dienone is 1. The number of thiocarbonyl (C=S) groups is 2. The topological polar surface area (TPSA) is 98.8 Å². The molecule has 4 amide bonds. The molecule has 2 unspecified atom stereocenters. The number of imide groups is 2. The van der Waals surface area contributed by atoms with E-state index in [4.69, 9.17) is 69.6 Å². The molecule has 3 aliphatic rings. The molecule has 4 rings (SSSR count). The van der Waals surface area contributed by atoms with Gasteiger partial charge in [0.05, 0.1) is 23.0 Å². The number of amides is 4. The van der Waals surface area contributed by atoms with E-state index in [1.165, 1.54) is 12.1 Å². The molecule has 2 atom stereocenters. The van der Waals surface area contributed by atoms with Crippen LogP contribution >= 0.6 is 106 Å². The predicted octanol–water partition coefficient (Wildman–Crippen LogP) is 5.35. The smallest absolute Gasteiger partial charge is 0.412 e. The van der Waals surface area contributed by atoms with Crippen molar-refractivity contribution in [2.24, 2.45) is 11.8 Å². The van der Waals surface area contributed by atoms with Crippen molar-refractivity contribution in [3.8, 4) is 0 Å². The zero-order chi connectivity index (χ0) is 31.1. The van der Waals surface area contributed by atoms with Crippen molar-refractivity contribution in [3.63, 3.8) is 0 Å². The molecule has 224 valence electrons. The van der Waals surface area contributed by atoms with Gasteiger partial charge in [0.15, 0.2) is 0 Å². The Kier molecular flexibility index (Phi) is 17.0. The number of hydrogen-bond acceptors (Lipinski definition) is 9. The molecule has 8 nitrogen and oxygen atoms in total. The average molecular weight is 841 g/mol. The minimum Gasteiger partial charge on any atom is -0.412 e. The molecule has 20 heteroatoms. The Bertz CT molecular complexity index is 1200. The van der Waals surface area contributed by atoms with E-state index < -0.39 is 18.9 Å². The van der Waals surface area contributed by atoms with Gasteiger partial charge in [0.25, 0.3) is 18.9 Å². The third-order valence-electron chi connectivity index (χ3n) is 5.33. The zero-order valence-electron chi connectivity index (χ0n) is 21.0. The van der Waals surface area contributed by atoms with Gasteiger partial charge in [0.2, 0.25) is 11.8 Å². The zero-order valence-corrected chi connectivity index (χ0v) is 32.6. The van der Waals surface area contributed by atoms with Crippen molar-refractivity contribution < 1.29 is 38.7 Å². The number of alkyl halides is 6. The van der Waals surface area contributed by atoms with Gasteiger partial charge in [-0.3, -0.25) is 19.2 Å². The van der Waals surface area contributed by atoms with Gasteiger partial charge in [0, 0.05) is 25.0 Å². The van der Waals surface area contributed by atoms with Crippen LogP contribution in [0.4, 0.5) is 0 Å². The van der Waals surface area contributed by atoms with Gasteiger partial charge in [0.1, 0.15) is 0 Å². The van der Waals surface area contributed by atoms with Crippen LogP contribution in [0.15, 0.2) is 36.4 Å². The summed E-state index contributed by atoms with van der Waals surface area (Å²) < 4.78 is -2.01. The average Bonchev–Trinajstić information content (AvgIpc) is 3.27. The quantitative estimate of drug-likeness (QED) is 0.0473. The molecule has 1 aliphatic carbocycles. The number of rotatable bonds is 4. The van der Waals surface area contributed by atoms with Gasteiger partial charge < -0.3 is 60.3 Å². The SMILES string of the molecule is O=C1C2C=CCCC2C(=O)N1SC(Cl)(Cl)Cl.O=C1c2ccccc2C(=O)N1C(Cl)(Cl)Cl.S=C([S-])NCCNC(=S)[S-].[Zn+2]. The molecule has 1 fully saturated rings. The maximum absolute atomic E-state index is 11.9. The number of halogens is 6. The van der Waals surface area contributed by atoms with Crippen molar-refractivity contribution in [2.75, 3.05) is 13.1 Å². The molecule has 2 N–H and O–H groups in total. The standard InChI is InChI=1S/C9H8Cl3NO2S.C9H4Cl3NO2.C4H8N2S4.Zn/c10-9(11,12)16-13-7(14)5-3-1-2-4-6(5)8(13)15;10-9(11,12)13-7(14)5-3-1-2-4-6(5)8(13)15;7-3(8)5-1-2-6-4(9)10;/h1,3,5-6H,2,4H2;1-4H;1-2H2,(H2,5,7,8)(H2,6,9,10);/q;;;+2/p-2. The van der Waals surface area contributed by atoms with Gasteiger partial charge in [-0.05, 0) is 25.0 Å². The fourth-order valence-corrected chi connectivity index (χ4v) is 5.83. The van der Waals surface area contributed by atoms with E-state index >= 15 is 0 Å². The summed E-state index contributed by atoms with van der Waals surface area (Å²) in [5, 5.41) is 5.56. The van der Waals surface area contributed by atoms with Crippen LogP contribution in [0, 0.1) is 11.8 Å². The normalized spacial score (nSPS) is 19.0. The summed E-state index contributed by atoms with van der Waals surface area (Å²) in [5.41, 5.74) is 0.516. The molecule has 0 radical (unpaired) electrons. The van der Waals surface area contributed by atoms with Crippen molar-refractivity contribution in [3.05, 3.63) is 47.5 Å². The fourth-order valence-electron chi connectivity index (χ4n) is 3.70. The van der Waals surface area contributed by atoms with Gasteiger partial charge in [-0.25, -0.2) is 9.21 Å². The van der Waals surface area contributed by atoms with Crippen LogP contribution < -0.4 is 10.6 Å². The number of hydrogen-bond donors (Lipinski definition) is 2. The van der Waals surface area contributed by atoms with E-state index in [1.807, 2.05) is 6.08 Å². The molecule has 0 aromatic heterocycles. The molecule has 1 aromatic rings. The van der Waals surface area contributed by atoms with Crippen LogP contribution in [-0.2, 0) is 54.3 Å². The number of fused-ring (bicyclic) bond motifs is 2. The summed E-state index contributed by atoms with van der Waals surface area (Å²) in [5.74, 6) is -2.37. The summed E-state index contributed by atoms with van der Waals surface area (Å²) in [6.45, 7) is 1.33. The van der Waals surface area contributed by atoms with E-state index in [0.717, 1.165) is 10.7 Å². The number of benzene rings is 1. The molecule has 0 spiro atoms. The van der Waals surface area contributed by atoms with Gasteiger partial charge in [-0.1, -0.05) is 103 Å². The molecule has 42 heavy (non-hydrogen) atoms. The fraction of sp³-hybridized carbons (Fsp3) is 0.364. The van der Waals surface area contributed by atoms with E-state index in [9.17, 15) is 19.2 Å². The first kappa shape index (κ1) is 40.2. The van der Waals surface area contributed by atoms with E-state index in [1.54, 1.807) is 18.2 Å². The molecule has 0 saturated carbocycles. The summed E-state index contributed by atoms with van der Waals surface area (Å²) in [4.78, 5) is 47.8. The number of nitrogens with zero attached hydrogens (tertiary/aromatic N) is 2. The second kappa shape index (κ2) is 17.8. The van der Waals surface area contributed by atoms with Crippen molar-refractivity contribution >= 4 is 164 Å². The predicted molar refractivity (Wildman–Crippen MR) is 178 cm³/mol. The Hall–Kier alpha value is 0.173. The Labute approximate surface area is 311 Å². The second-order valence-corrected chi connectivity index (χ2v) is 16.5. The van der Waals surface area contributed by atoms with Crippen LogP contribution in [0.5, 0.6) is 0 Å². The Morgan fingerprint density at radius 2 is 1.38 bits per heavy atom. The molecule has 2 aliphatic heterocycles. The molecular weight excluding hydrogens is 823 g/mol. The summed E-state index contributed by atoms with van der Waals surface area (Å²) in [6.07, 6.45) is 5.18. The minimum absolute atomic E-state index is 0. The number of nitrogens with one attached hydrogen (secondary N) is 2. The Balaban J connectivity index is 0.000000321. The Morgan fingerprint density at radius 3 is 1.76 bits per heavy atom. The molecular formula is C22H18Cl6N4O4S5Zn. The summed E-state index contributed by atoms with van der Waals surface area (Å²) >= 11 is 52.3. The van der Waals surface area contributed by atoms with Crippen molar-refractivity contribution in [1.29, 1.82) is 0 Å². The van der Waals surface area contributed by atoms with Gasteiger partial charge in [-0.15, -0.1) is 0 Å².